The summed E-state index contributed by atoms with van der Waals surface area (Å²) < 4.78 is 15.8. The Morgan fingerprint density at radius 1 is 1.00 bits per heavy atom. The fraction of sp³-hybridized carbons (Fsp3) is 0.320. The molecule has 0 spiro atoms. The van der Waals surface area contributed by atoms with Crippen LogP contribution < -0.4 is 14.8 Å². The van der Waals surface area contributed by atoms with Crippen molar-refractivity contribution in [2.75, 3.05) is 11.9 Å². The summed E-state index contributed by atoms with van der Waals surface area (Å²) in [7, 11) is 0. The van der Waals surface area contributed by atoms with Crippen molar-refractivity contribution in [1.82, 2.24) is 0 Å². The van der Waals surface area contributed by atoms with Crippen LogP contribution in [0.15, 0.2) is 48.6 Å². The number of ether oxygens (including phenoxy) is 3. The predicted molar refractivity (Wildman–Crippen MR) is 118 cm³/mol. The Morgan fingerprint density at radius 2 is 1.78 bits per heavy atom. The average molecular weight is 435 g/mol. The molecule has 2 aromatic rings. The molecule has 0 amide bonds. The van der Waals surface area contributed by atoms with Crippen LogP contribution in [0.3, 0.4) is 0 Å². The minimum Gasteiger partial charge on any atom is -0.462 e. The first-order valence-electron chi connectivity index (χ1n) is 10.6. The van der Waals surface area contributed by atoms with Gasteiger partial charge in [0.25, 0.3) is 0 Å². The normalized spacial score (nSPS) is 20.5. The molecule has 4 rings (SSSR count). The Kier molecular flexibility index (Phi) is 5.99. The van der Waals surface area contributed by atoms with Crippen LogP contribution in [0.4, 0.5) is 5.69 Å². The second kappa shape index (κ2) is 8.86. The Hall–Kier alpha value is -3.61. The fourth-order valence-corrected chi connectivity index (χ4v) is 4.49. The molecule has 0 unspecified atom stereocenters. The van der Waals surface area contributed by atoms with Gasteiger partial charge in [-0.25, -0.2) is 4.79 Å². The van der Waals surface area contributed by atoms with Crippen LogP contribution in [-0.2, 0) is 14.3 Å². The molecule has 1 aliphatic carbocycles. The Balaban J connectivity index is 1.72. The monoisotopic (exact) mass is 435 g/mol. The third kappa shape index (κ3) is 4.23. The van der Waals surface area contributed by atoms with Crippen molar-refractivity contribution in [3.63, 3.8) is 0 Å². The van der Waals surface area contributed by atoms with E-state index < -0.39 is 11.9 Å². The van der Waals surface area contributed by atoms with Crippen LogP contribution in [-0.4, -0.2) is 24.5 Å². The van der Waals surface area contributed by atoms with Gasteiger partial charge in [-0.1, -0.05) is 12.2 Å². The van der Waals surface area contributed by atoms with Crippen LogP contribution in [0.2, 0.25) is 0 Å². The minimum atomic E-state index is -0.456. The molecule has 3 atom stereocenters. The highest BCUT2D eigenvalue weighted by Gasteiger charge is 2.39. The van der Waals surface area contributed by atoms with Crippen molar-refractivity contribution in [3.8, 4) is 11.5 Å². The molecule has 2 aromatic carbocycles. The first kappa shape index (κ1) is 21.6. The summed E-state index contributed by atoms with van der Waals surface area (Å²) in [5, 5.41) is 3.57. The molecular weight excluding hydrogens is 410 g/mol. The van der Waals surface area contributed by atoms with Gasteiger partial charge in [-0.05, 0) is 55.2 Å². The van der Waals surface area contributed by atoms with Gasteiger partial charge < -0.3 is 19.5 Å². The maximum Gasteiger partial charge on any atom is 0.338 e. The fourth-order valence-electron chi connectivity index (χ4n) is 4.49. The highest BCUT2D eigenvalue weighted by atomic mass is 16.5. The van der Waals surface area contributed by atoms with Gasteiger partial charge in [0.2, 0.25) is 0 Å². The van der Waals surface area contributed by atoms with E-state index in [2.05, 4.69) is 17.5 Å². The van der Waals surface area contributed by atoms with Crippen LogP contribution in [0.5, 0.6) is 11.5 Å². The third-order valence-electron chi connectivity index (χ3n) is 5.71. The van der Waals surface area contributed by atoms with E-state index in [0.717, 1.165) is 23.2 Å². The number of anilines is 1. The molecule has 0 aromatic heterocycles. The lowest BCUT2D eigenvalue weighted by Gasteiger charge is -2.38. The molecule has 0 fully saturated rings. The van der Waals surface area contributed by atoms with Crippen molar-refractivity contribution in [2.45, 2.75) is 39.2 Å². The number of allylic oxidation sites excluding steroid dienone is 2. The average Bonchev–Trinajstić information content (AvgIpc) is 3.23. The summed E-state index contributed by atoms with van der Waals surface area (Å²) in [5.41, 5.74) is 3.27. The van der Waals surface area contributed by atoms with Gasteiger partial charge in [-0.2, -0.15) is 0 Å². The number of benzene rings is 2. The summed E-state index contributed by atoms with van der Waals surface area (Å²) >= 11 is 0. The van der Waals surface area contributed by atoms with Crippen LogP contribution in [0.25, 0.3) is 0 Å². The Bertz CT molecular complexity index is 1110. The first-order chi connectivity index (χ1) is 15.4. The molecule has 166 valence electrons. The Morgan fingerprint density at radius 3 is 2.50 bits per heavy atom. The van der Waals surface area contributed by atoms with Gasteiger partial charge in [0.05, 0.1) is 18.2 Å². The molecule has 1 aliphatic heterocycles. The van der Waals surface area contributed by atoms with Crippen molar-refractivity contribution in [2.24, 2.45) is 5.92 Å². The zero-order chi connectivity index (χ0) is 22.8. The number of fused-ring (bicyclic) bond motifs is 3. The summed E-state index contributed by atoms with van der Waals surface area (Å²) in [6.45, 7) is 4.76. The summed E-state index contributed by atoms with van der Waals surface area (Å²) in [6, 6.07) is 10.5. The highest BCUT2D eigenvalue weighted by Crippen LogP contribution is 2.51. The van der Waals surface area contributed by atoms with E-state index in [-0.39, 0.29) is 23.8 Å². The van der Waals surface area contributed by atoms with Gasteiger partial charge >= 0.3 is 17.9 Å². The maximum absolute atomic E-state index is 12.2. The molecule has 0 radical (unpaired) electrons. The second-order valence-electron chi connectivity index (χ2n) is 7.88. The number of nitrogens with one attached hydrogen (secondary N) is 1. The van der Waals surface area contributed by atoms with Crippen molar-refractivity contribution in [3.05, 3.63) is 65.2 Å². The lowest BCUT2D eigenvalue weighted by molar-refractivity contribution is -0.132. The predicted octanol–water partition coefficient (Wildman–Crippen LogP) is 4.54. The molecule has 32 heavy (non-hydrogen) atoms. The van der Waals surface area contributed by atoms with Crippen molar-refractivity contribution in [1.29, 1.82) is 0 Å². The smallest absolute Gasteiger partial charge is 0.338 e. The first-order valence-corrected chi connectivity index (χ1v) is 10.6. The molecular formula is C25H25NO6. The zero-order valence-corrected chi connectivity index (χ0v) is 18.2. The molecule has 2 aliphatic rings. The van der Waals surface area contributed by atoms with Crippen LogP contribution >= 0.6 is 0 Å². The lowest BCUT2D eigenvalue weighted by Crippen LogP contribution is -2.30. The molecule has 1 heterocycles. The topological polar surface area (TPSA) is 90.9 Å². The maximum atomic E-state index is 12.2. The van der Waals surface area contributed by atoms with Gasteiger partial charge in [-0.15, -0.1) is 0 Å². The second-order valence-corrected chi connectivity index (χ2v) is 7.88. The van der Waals surface area contributed by atoms with E-state index >= 15 is 0 Å². The largest absolute Gasteiger partial charge is 0.462 e. The van der Waals surface area contributed by atoms with E-state index in [1.165, 1.54) is 13.8 Å². The summed E-state index contributed by atoms with van der Waals surface area (Å²) in [6.07, 6.45) is 5.12. The van der Waals surface area contributed by atoms with Gasteiger partial charge in [0, 0.05) is 37.1 Å². The molecule has 7 nitrogen and oxygen atoms in total. The standard InChI is InChI=1S/C25H25NO6/c1-4-30-25(29)16-8-11-22-21(12-16)18-6-5-7-19(18)24(26-22)20-10-9-17(31-14(2)27)13-23(20)32-15(3)28/h5-6,8-13,18-19,24,26H,4,7H2,1-3H3/t18-,19-,24-/m1/s1. The minimum absolute atomic E-state index is 0.101. The van der Waals surface area contributed by atoms with Crippen molar-refractivity contribution < 1.29 is 28.6 Å². The van der Waals surface area contributed by atoms with E-state index in [1.54, 1.807) is 25.1 Å². The zero-order valence-electron chi connectivity index (χ0n) is 18.2. The quantitative estimate of drug-likeness (QED) is 0.419. The number of carbonyl (C=O) groups excluding carboxylic acids is 3. The summed E-state index contributed by atoms with van der Waals surface area (Å²) in [4.78, 5) is 35.3. The highest BCUT2D eigenvalue weighted by molar-refractivity contribution is 5.90. The Labute approximate surface area is 186 Å². The number of hydrogen-bond donors (Lipinski definition) is 1. The van der Waals surface area contributed by atoms with Crippen molar-refractivity contribution >= 4 is 23.6 Å². The molecule has 0 bridgehead atoms. The van der Waals surface area contributed by atoms with Crippen LogP contribution in [0, 0.1) is 5.92 Å². The van der Waals surface area contributed by atoms with Gasteiger partial charge in [0.1, 0.15) is 11.5 Å². The molecule has 0 saturated carbocycles. The number of hydrogen-bond acceptors (Lipinski definition) is 7. The molecule has 1 N–H and O–H groups in total. The molecule has 7 heteroatoms. The molecule has 0 saturated heterocycles. The summed E-state index contributed by atoms with van der Waals surface area (Å²) in [5.74, 6) is -0.317. The number of rotatable bonds is 5. The van der Waals surface area contributed by atoms with E-state index in [0.29, 0.717) is 23.7 Å². The van der Waals surface area contributed by atoms with Gasteiger partial charge in [-0.3, -0.25) is 9.59 Å². The van der Waals surface area contributed by atoms with E-state index in [1.807, 2.05) is 18.2 Å². The lowest BCUT2D eigenvalue weighted by atomic mass is 9.76. The van der Waals surface area contributed by atoms with E-state index in [9.17, 15) is 14.4 Å². The third-order valence-corrected chi connectivity index (χ3v) is 5.71. The van der Waals surface area contributed by atoms with E-state index in [4.69, 9.17) is 14.2 Å². The number of esters is 3. The van der Waals surface area contributed by atoms with Crippen LogP contribution in [0.1, 0.15) is 60.6 Å². The SMILES string of the molecule is CCOC(=O)c1ccc2c(c1)[C@@H]1C=CC[C@H]1[C@H](c1ccc(OC(C)=O)cc1OC(C)=O)N2. The number of carbonyl (C=O) groups is 3. The van der Waals surface area contributed by atoms with Gasteiger partial charge in [0.15, 0.2) is 0 Å².